The molecule has 0 spiro atoms. The van der Waals surface area contributed by atoms with Crippen LogP contribution in [-0.2, 0) is 4.74 Å². The lowest BCUT2D eigenvalue weighted by Crippen LogP contribution is -2.32. The summed E-state index contributed by atoms with van der Waals surface area (Å²) < 4.78 is 11.0. The molecule has 0 amide bonds. The zero-order chi connectivity index (χ0) is 21.1. The molecule has 2 N–H and O–H groups in total. The molecule has 3 heterocycles. The molecule has 8 heteroatoms. The molecule has 3 aromatic rings. The van der Waals surface area contributed by atoms with Gasteiger partial charge >= 0.3 is 5.97 Å². The second-order valence-electron chi connectivity index (χ2n) is 6.82. The van der Waals surface area contributed by atoms with Crippen LogP contribution in [0.25, 0.3) is 11.3 Å². The molecule has 1 fully saturated rings. The summed E-state index contributed by atoms with van der Waals surface area (Å²) in [5, 5.41) is 13.4. The summed E-state index contributed by atoms with van der Waals surface area (Å²) in [4.78, 5) is 18.2. The third-order valence-corrected chi connectivity index (χ3v) is 5.38. The third kappa shape index (κ3) is 3.79. The fourth-order valence-corrected chi connectivity index (χ4v) is 3.98. The lowest BCUT2D eigenvalue weighted by Gasteiger charge is -2.25. The van der Waals surface area contributed by atoms with E-state index in [4.69, 9.17) is 21.4 Å². The Balaban J connectivity index is 1.70. The number of aliphatic hydroxyl groups excluding tert-OH is 1. The number of hydrogen-bond acceptors (Lipinski definition) is 6. The Morgan fingerprint density at radius 2 is 2.13 bits per heavy atom. The Labute approximate surface area is 179 Å². The summed E-state index contributed by atoms with van der Waals surface area (Å²) in [5.74, 6) is 0.903. The quantitative estimate of drug-likeness (QED) is 0.462. The normalized spacial score (nSPS) is 18.3. The molecule has 1 aromatic carbocycles. The highest BCUT2D eigenvalue weighted by Gasteiger charge is 2.41. The van der Waals surface area contributed by atoms with Gasteiger partial charge in [-0.3, -0.25) is 4.98 Å². The number of carbonyl (C=O) groups excluding carboxylic acids is 1. The van der Waals surface area contributed by atoms with Crippen LogP contribution in [0.4, 0.5) is 0 Å². The fraction of sp³-hybridized carbons (Fsp3) is 0.227. The van der Waals surface area contributed by atoms with Crippen molar-refractivity contribution < 1.29 is 19.1 Å². The van der Waals surface area contributed by atoms with E-state index in [1.54, 1.807) is 24.4 Å². The zero-order valence-corrected chi connectivity index (χ0v) is 17.1. The molecule has 0 aliphatic carbocycles. The minimum atomic E-state index is -0.404. The number of nitrogens with zero attached hydrogens (tertiary/aromatic N) is 2. The number of thiocarbonyl (C=S) groups is 1. The minimum Gasteiger partial charge on any atom is -0.465 e. The summed E-state index contributed by atoms with van der Waals surface area (Å²) in [5.41, 5.74) is 2.04. The second-order valence-corrected chi connectivity index (χ2v) is 7.20. The highest BCUT2D eigenvalue weighted by atomic mass is 32.1. The largest absolute Gasteiger partial charge is 0.465 e. The van der Waals surface area contributed by atoms with Crippen LogP contribution in [0.2, 0.25) is 0 Å². The molecule has 1 aliphatic rings. The van der Waals surface area contributed by atoms with E-state index in [2.05, 4.69) is 10.3 Å². The van der Waals surface area contributed by atoms with Gasteiger partial charge in [0.15, 0.2) is 5.11 Å². The molecule has 7 nitrogen and oxygen atoms in total. The number of methoxy groups -OCH3 is 1. The highest BCUT2D eigenvalue weighted by molar-refractivity contribution is 7.80. The standard InChI is InChI=1S/C22H21N3O4S/c1-28-21(27)15-6-4-5-14(13-15)17-8-9-18(29-17)20-19(16-7-2-3-10-23-16)24-22(30)25(20)11-12-26/h2-10,13,19-20,26H,11-12H2,1H3,(H,24,30)/t19-,20+/m1/s1. The summed E-state index contributed by atoms with van der Waals surface area (Å²) in [7, 11) is 1.35. The molecule has 154 valence electrons. The number of β-amino-alcohol motifs (C(OH)–C–C–N with tert-alkyl or cyclic N) is 1. The van der Waals surface area contributed by atoms with E-state index in [9.17, 15) is 9.90 Å². The van der Waals surface area contributed by atoms with Crippen LogP contribution in [0.1, 0.15) is 33.9 Å². The molecular weight excluding hydrogens is 402 g/mol. The van der Waals surface area contributed by atoms with Crippen molar-refractivity contribution in [1.82, 2.24) is 15.2 Å². The van der Waals surface area contributed by atoms with Crippen molar-refractivity contribution >= 4 is 23.3 Å². The van der Waals surface area contributed by atoms with Crippen molar-refractivity contribution in [2.24, 2.45) is 0 Å². The Kier molecular flexibility index (Phi) is 5.78. The van der Waals surface area contributed by atoms with E-state index >= 15 is 0 Å². The summed E-state index contributed by atoms with van der Waals surface area (Å²) in [6.45, 7) is 0.329. The van der Waals surface area contributed by atoms with E-state index in [1.807, 2.05) is 41.3 Å². The molecule has 0 radical (unpaired) electrons. The lowest BCUT2D eigenvalue weighted by molar-refractivity contribution is 0.0601. The van der Waals surface area contributed by atoms with Crippen molar-refractivity contribution in [2.75, 3.05) is 20.3 Å². The molecule has 30 heavy (non-hydrogen) atoms. The molecule has 1 saturated heterocycles. The maximum atomic E-state index is 11.8. The number of rotatable bonds is 6. The number of esters is 1. The van der Waals surface area contributed by atoms with Gasteiger partial charge in [0.2, 0.25) is 0 Å². The molecule has 0 saturated carbocycles. The van der Waals surface area contributed by atoms with E-state index < -0.39 is 5.97 Å². The number of aliphatic hydroxyl groups is 1. The first-order chi connectivity index (χ1) is 14.6. The van der Waals surface area contributed by atoms with Crippen LogP contribution in [0.5, 0.6) is 0 Å². The highest BCUT2D eigenvalue weighted by Crippen LogP contribution is 2.40. The topological polar surface area (TPSA) is 87.8 Å². The van der Waals surface area contributed by atoms with Crippen LogP contribution in [0.3, 0.4) is 0 Å². The number of hydrogen-bond donors (Lipinski definition) is 2. The van der Waals surface area contributed by atoms with Crippen molar-refractivity contribution in [3.05, 3.63) is 77.8 Å². The zero-order valence-electron chi connectivity index (χ0n) is 16.3. The number of nitrogens with one attached hydrogen (secondary N) is 1. The van der Waals surface area contributed by atoms with Gasteiger partial charge in [-0.15, -0.1) is 0 Å². The van der Waals surface area contributed by atoms with Gasteiger partial charge in [0.1, 0.15) is 17.6 Å². The van der Waals surface area contributed by atoms with Crippen LogP contribution in [-0.4, -0.2) is 46.3 Å². The van der Waals surface area contributed by atoms with Gasteiger partial charge in [-0.1, -0.05) is 18.2 Å². The third-order valence-electron chi connectivity index (χ3n) is 5.03. The van der Waals surface area contributed by atoms with Gasteiger partial charge in [-0.25, -0.2) is 4.79 Å². The molecule has 1 aliphatic heterocycles. The van der Waals surface area contributed by atoms with Crippen molar-refractivity contribution in [2.45, 2.75) is 12.1 Å². The average Bonchev–Trinajstić information content (AvgIpc) is 3.39. The molecule has 0 bridgehead atoms. The van der Waals surface area contributed by atoms with E-state index in [0.717, 1.165) is 11.3 Å². The maximum absolute atomic E-state index is 11.8. The van der Waals surface area contributed by atoms with Crippen LogP contribution < -0.4 is 5.32 Å². The first-order valence-electron chi connectivity index (χ1n) is 9.50. The van der Waals surface area contributed by atoms with E-state index in [1.165, 1.54) is 7.11 Å². The number of pyridine rings is 1. The van der Waals surface area contributed by atoms with Crippen LogP contribution >= 0.6 is 12.2 Å². The monoisotopic (exact) mass is 423 g/mol. The molecule has 0 unspecified atom stereocenters. The van der Waals surface area contributed by atoms with Gasteiger partial charge in [0, 0.05) is 18.3 Å². The maximum Gasteiger partial charge on any atom is 0.337 e. The first kappa shape index (κ1) is 20.1. The number of ether oxygens (including phenoxy) is 1. The SMILES string of the molecule is COC(=O)c1cccc(-c2ccc([C@H]3[C@@H](c4ccccn4)NC(=S)N3CCO)o2)c1. The van der Waals surface area contributed by atoms with Crippen LogP contribution in [0.15, 0.2) is 65.2 Å². The van der Waals surface area contributed by atoms with Gasteiger partial charge in [-0.05, 0) is 48.6 Å². The van der Waals surface area contributed by atoms with Crippen LogP contribution in [0, 0.1) is 0 Å². The predicted molar refractivity (Wildman–Crippen MR) is 115 cm³/mol. The smallest absolute Gasteiger partial charge is 0.337 e. The lowest BCUT2D eigenvalue weighted by atomic mass is 10.0. The van der Waals surface area contributed by atoms with Gasteiger partial charge in [0.25, 0.3) is 0 Å². The minimum absolute atomic E-state index is 0.0397. The Morgan fingerprint density at radius 1 is 1.27 bits per heavy atom. The van der Waals surface area contributed by atoms with E-state index in [0.29, 0.717) is 28.7 Å². The predicted octanol–water partition coefficient (Wildman–Crippen LogP) is 3.09. The molecule has 4 rings (SSSR count). The molecular formula is C22H21N3O4S. The van der Waals surface area contributed by atoms with Crippen molar-refractivity contribution in [3.63, 3.8) is 0 Å². The number of aromatic nitrogens is 1. The second kappa shape index (κ2) is 8.64. The summed E-state index contributed by atoms with van der Waals surface area (Å²) in [6, 6.07) is 16.1. The van der Waals surface area contributed by atoms with Crippen molar-refractivity contribution in [3.8, 4) is 11.3 Å². The number of carbonyl (C=O) groups is 1. The van der Waals surface area contributed by atoms with Gasteiger partial charge in [0.05, 0.1) is 31.0 Å². The molecule has 2 atom stereocenters. The molecule has 2 aromatic heterocycles. The number of furan rings is 1. The Bertz CT molecular complexity index is 1050. The number of benzene rings is 1. The fourth-order valence-electron chi connectivity index (χ4n) is 3.65. The van der Waals surface area contributed by atoms with Crippen molar-refractivity contribution in [1.29, 1.82) is 0 Å². The Hall–Kier alpha value is -3.23. The first-order valence-corrected chi connectivity index (χ1v) is 9.90. The van der Waals surface area contributed by atoms with E-state index in [-0.39, 0.29) is 18.7 Å². The Morgan fingerprint density at radius 3 is 2.87 bits per heavy atom. The summed E-state index contributed by atoms with van der Waals surface area (Å²) in [6.07, 6.45) is 1.73. The van der Waals surface area contributed by atoms with Gasteiger partial charge in [-0.2, -0.15) is 0 Å². The summed E-state index contributed by atoms with van der Waals surface area (Å²) >= 11 is 5.50. The average molecular weight is 423 g/mol. The van der Waals surface area contributed by atoms with Gasteiger partial charge < -0.3 is 24.5 Å².